The predicted octanol–water partition coefficient (Wildman–Crippen LogP) is 5.24. The van der Waals surface area contributed by atoms with Crippen LogP contribution in [-0.2, 0) is 5.41 Å². The molecule has 0 saturated heterocycles. The Labute approximate surface area is 185 Å². The van der Waals surface area contributed by atoms with Crippen LogP contribution in [0.3, 0.4) is 0 Å². The fourth-order valence-corrected chi connectivity index (χ4v) is 4.31. The summed E-state index contributed by atoms with van der Waals surface area (Å²) in [5.74, 6) is -1.97. The number of hydrogen-bond acceptors (Lipinski definition) is 3. The molecule has 0 fully saturated rings. The Morgan fingerprint density at radius 3 is 2.50 bits per heavy atom. The number of pyridine rings is 1. The number of aryl methyl sites for hydroxylation is 1. The summed E-state index contributed by atoms with van der Waals surface area (Å²) in [6.07, 6.45) is -0.671. The Balaban J connectivity index is 1.63. The van der Waals surface area contributed by atoms with E-state index in [9.17, 15) is 18.7 Å². The maximum atomic E-state index is 14.0. The van der Waals surface area contributed by atoms with Gasteiger partial charge < -0.3 is 15.7 Å². The first-order chi connectivity index (χ1) is 15.2. The summed E-state index contributed by atoms with van der Waals surface area (Å²) >= 11 is 0. The van der Waals surface area contributed by atoms with Gasteiger partial charge in [0, 0.05) is 11.3 Å². The summed E-state index contributed by atoms with van der Waals surface area (Å²) in [7, 11) is 0. The third-order valence-corrected chi connectivity index (χ3v) is 5.88. The predicted molar refractivity (Wildman–Crippen MR) is 119 cm³/mol. The van der Waals surface area contributed by atoms with E-state index in [1.165, 1.54) is 0 Å². The SMILES string of the molecule is Cc1ccc(NC(=O)N[C@@H]2c3cc(F)c(F)cc3C(C)(C)C[C@H]2O)c(-c2ccccc2)n1. The van der Waals surface area contributed by atoms with Gasteiger partial charge in [0.15, 0.2) is 11.6 Å². The van der Waals surface area contributed by atoms with Crippen molar-refractivity contribution in [3.8, 4) is 11.3 Å². The first-order valence-electron chi connectivity index (χ1n) is 10.4. The number of aliphatic hydroxyl groups excluding tert-OH is 1. The maximum Gasteiger partial charge on any atom is 0.319 e. The summed E-state index contributed by atoms with van der Waals surface area (Å²) in [4.78, 5) is 17.4. The van der Waals surface area contributed by atoms with Crippen LogP contribution in [-0.4, -0.2) is 22.2 Å². The van der Waals surface area contributed by atoms with E-state index in [0.717, 1.165) is 23.4 Å². The van der Waals surface area contributed by atoms with Crippen molar-refractivity contribution in [2.75, 3.05) is 5.32 Å². The molecule has 1 aliphatic carbocycles. The second kappa shape index (κ2) is 8.31. The summed E-state index contributed by atoms with van der Waals surface area (Å²) < 4.78 is 27.9. The van der Waals surface area contributed by atoms with Gasteiger partial charge in [-0.1, -0.05) is 44.2 Å². The van der Waals surface area contributed by atoms with E-state index in [1.54, 1.807) is 12.1 Å². The van der Waals surface area contributed by atoms with Crippen LogP contribution in [0.4, 0.5) is 19.3 Å². The van der Waals surface area contributed by atoms with Crippen LogP contribution in [0.25, 0.3) is 11.3 Å². The molecule has 1 aromatic heterocycles. The molecule has 2 amide bonds. The zero-order valence-electron chi connectivity index (χ0n) is 18.1. The molecule has 166 valence electrons. The van der Waals surface area contributed by atoms with Crippen molar-refractivity contribution in [1.82, 2.24) is 10.3 Å². The molecule has 3 aromatic rings. The molecule has 0 unspecified atom stereocenters. The minimum absolute atomic E-state index is 0.289. The highest BCUT2D eigenvalue weighted by Gasteiger charge is 2.40. The van der Waals surface area contributed by atoms with Crippen molar-refractivity contribution in [3.63, 3.8) is 0 Å². The first kappa shape index (κ1) is 21.9. The minimum atomic E-state index is -1.02. The van der Waals surface area contributed by atoms with Gasteiger partial charge in [0.05, 0.1) is 23.5 Å². The number of aromatic nitrogens is 1. The minimum Gasteiger partial charge on any atom is -0.391 e. The highest BCUT2D eigenvalue weighted by Crippen LogP contribution is 2.42. The van der Waals surface area contributed by atoms with Crippen LogP contribution in [0.5, 0.6) is 0 Å². The van der Waals surface area contributed by atoms with Gasteiger partial charge in [-0.3, -0.25) is 4.98 Å². The number of hydrogen-bond donors (Lipinski definition) is 3. The molecule has 0 saturated carbocycles. The molecule has 1 aliphatic rings. The molecule has 2 atom stereocenters. The fourth-order valence-electron chi connectivity index (χ4n) is 4.31. The molecule has 0 spiro atoms. The number of nitrogens with one attached hydrogen (secondary N) is 2. The van der Waals surface area contributed by atoms with E-state index in [-0.39, 0.29) is 6.42 Å². The highest BCUT2D eigenvalue weighted by molar-refractivity contribution is 5.93. The zero-order valence-corrected chi connectivity index (χ0v) is 18.1. The number of carbonyl (C=O) groups is 1. The van der Waals surface area contributed by atoms with E-state index >= 15 is 0 Å². The number of aliphatic hydroxyl groups is 1. The number of amides is 2. The van der Waals surface area contributed by atoms with Crippen LogP contribution in [0.15, 0.2) is 54.6 Å². The topological polar surface area (TPSA) is 74.2 Å². The third-order valence-electron chi connectivity index (χ3n) is 5.88. The molecule has 4 rings (SSSR count). The average Bonchev–Trinajstić information content (AvgIpc) is 2.74. The Morgan fingerprint density at radius 2 is 1.78 bits per heavy atom. The van der Waals surface area contributed by atoms with Crippen molar-refractivity contribution in [2.45, 2.75) is 44.8 Å². The smallest absolute Gasteiger partial charge is 0.319 e. The lowest BCUT2D eigenvalue weighted by Gasteiger charge is -2.40. The normalized spacial score (nSPS) is 19.2. The Morgan fingerprint density at radius 1 is 1.09 bits per heavy atom. The van der Waals surface area contributed by atoms with E-state index in [4.69, 9.17) is 0 Å². The molecule has 3 N–H and O–H groups in total. The molecule has 0 aliphatic heterocycles. The average molecular weight is 437 g/mol. The standard InChI is InChI=1S/C25H25F2N3O2/c1-14-9-10-20(22(28-14)15-7-5-4-6-8-15)29-24(32)30-23-16-11-18(26)19(27)12-17(16)25(2,3)13-21(23)31/h4-12,21,23,31H,13H2,1-3H3,(H2,29,30,32)/t21-,23-/m1/s1. The van der Waals surface area contributed by atoms with Gasteiger partial charge in [-0.25, -0.2) is 13.6 Å². The lowest BCUT2D eigenvalue weighted by Crippen LogP contribution is -2.45. The lowest BCUT2D eigenvalue weighted by molar-refractivity contribution is 0.0878. The lowest BCUT2D eigenvalue weighted by atomic mass is 9.69. The molecule has 0 radical (unpaired) electrons. The largest absolute Gasteiger partial charge is 0.391 e. The summed E-state index contributed by atoms with van der Waals surface area (Å²) in [6, 6.07) is 13.7. The van der Waals surface area contributed by atoms with Gasteiger partial charge in [-0.05, 0) is 54.2 Å². The van der Waals surface area contributed by atoms with Gasteiger partial charge >= 0.3 is 6.03 Å². The number of urea groups is 1. The number of fused-ring (bicyclic) bond motifs is 1. The van der Waals surface area contributed by atoms with Gasteiger partial charge in [0.2, 0.25) is 0 Å². The van der Waals surface area contributed by atoms with Crippen LogP contribution in [0, 0.1) is 18.6 Å². The molecular formula is C25H25F2N3O2. The van der Waals surface area contributed by atoms with Crippen LogP contribution < -0.4 is 10.6 Å². The van der Waals surface area contributed by atoms with Gasteiger partial charge in [0.1, 0.15) is 0 Å². The molecule has 0 bridgehead atoms. The zero-order chi connectivity index (χ0) is 23.0. The van der Waals surface area contributed by atoms with E-state index in [1.807, 2.05) is 51.1 Å². The number of anilines is 1. The number of rotatable bonds is 3. The second-order valence-corrected chi connectivity index (χ2v) is 8.80. The summed E-state index contributed by atoms with van der Waals surface area (Å²) in [5, 5.41) is 16.2. The number of benzene rings is 2. The molecule has 1 heterocycles. The molecule has 5 nitrogen and oxygen atoms in total. The van der Waals surface area contributed by atoms with Crippen molar-refractivity contribution >= 4 is 11.7 Å². The van der Waals surface area contributed by atoms with Gasteiger partial charge in [-0.2, -0.15) is 0 Å². The molecule has 32 heavy (non-hydrogen) atoms. The summed E-state index contributed by atoms with van der Waals surface area (Å²) in [6.45, 7) is 5.57. The third kappa shape index (κ3) is 4.21. The van der Waals surface area contributed by atoms with Crippen molar-refractivity contribution < 1.29 is 18.7 Å². The Kier molecular flexibility index (Phi) is 5.69. The van der Waals surface area contributed by atoms with E-state index < -0.39 is 35.2 Å². The van der Waals surface area contributed by atoms with Crippen LogP contribution in [0.1, 0.15) is 43.1 Å². The highest BCUT2D eigenvalue weighted by atomic mass is 19.2. The Hall–Kier alpha value is -3.32. The molecule has 2 aromatic carbocycles. The fraction of sp³-hybridized carbons (Fsp3) is 0.280. The summed E-state index contributed by atoms with van der Waals surface area (Å²) in [5.41, 5.74) is 3.11. The van der Waals surface area contributed by atoms with Crippen molar-refractivity contribution in [2.24, 2.45) is 0 Å². The van der Waals surface area contributed by atoms with Gasteiger partial charge in [-0.15, -0.1) is 0 Å². The van der Waals surface area contributed by atoms with Gasteiger partial charge in [0.25, 0.3) is 0 Å². The molecule has 7 heteroatoms. The quantitative estimate of drug-likeness (QED) is 0.525. The van der Waals surface area contributed by atoms with Crippen molar-refractivity contribution in [1.29, 1.82) is 0 Å². The van der Waals surface area contributed by atoms with E-state index in [0.29, 0.717) is 22.5 Å². The van der Waals surface area contributed by atoms with Crippen LogP contribution >= 0.6 is 0 Å². The molecular weight excluding hydrogens is 412 g/mol. The van der Waals surface area contributed by atoms with E-state index in [2.05, 4.69) is 15.6 Å². The van der Waals surface area contributed by atoms with Crippen LogP contribution in [0.2, 0.25) is 0 Å². The Bertz CT molecular complexity index is 1170. The number of nitrogens with zero attached hydrogens (tertiary/aromatic N) is 1. The maximum absolute atomic E-state index is 14.0. The second-order valence-electron chi connectivity index (χ2n) is 8.80. The first-order valence-corrected chi connectivity index (χ1v) is 10.4. The number of halogens is 2. The monoisotopic (exact) mass is 437 g/mol. The number of carbonyl (C=O) groups excluding carboxylic acids is 1. The van der Waals surface area contributed by atoms with Crippen molar-refractivity contribution in [3.05, 3.63) is 83.1 Å².